The number of hydrogen-bond donors (Lipinski definition) is 1. The first-order chi connectivity index (χ1) is 9.11. The maximum Gasteiger partial charge on any atom is 0.339 e. The highest BCUT2D eigenvalue weighted by atomic mass is 16.5. The number of esters is 1. The fourth-order valence-electron chi connectivity index (χ4n) is 2.54. The molecule has 1 aliphatic rings. The van der Waals surface area contributed by atoms with Crippen LogP contribution >= 0.6 is 0 Å². The Morgan fingerprint density at radius 2 is 1.89 bits per heavy atom. The van der Waals surface area contributed by atoms with Crippen LogP contribution in [0.3, 0.4) is 0 Å². The predicted molar refractivity (Wildman–Crippen MR) is 72.9 cm³/mol. The van der Waals surface area contributed by atoms with Gasteiger partial charge < -0.3 is 14.7 Å². The van der Waals surface area contributed by atoms with E-state index in [-0.39, 0.29) is 0 Å². The number of aliphatic hydroxyl groups excluding tert-OH is 1. The van der Waals surface area contributed by atoms with Crippen LogP contribution in [0.1, 0.15) is 36.0 Å². The van der Waals surface area contributed by atoms with E-state index < -0.39 is 12.1 Å². The largest absolute Gasteiger partial charge is 0.467 e. The monoisotopic (exact) mass is 263 g/mol. The number of benzene rings is 1. The number of likely N-dealkylation sites (tertiary alicyclic amines) is 1. The number of methoxy groups -OCH3 is 1. The lowest BCUT2D eigenvalue weighted by Gasteiger charge is -2.29. The molecule has 1 N–H and O–H groups in total. The molecule has 2 rings (SSSR count). The summed E-state index contributed by atoms with van der Waals surface area (Å²) in [6.45, 7) is 2.24. The number of hydrogen-bond acceptors (Lipinski definition) is 4. The van der Waals surface area contributed by atoms with Crippen molar-refractivity contribution in [1.29, 1.82) is 0 Å². The molecule has 0 aromatic heterocycles. The second kappa shape index (κ2) is 6.17. The van der Waals surface area contributed by atoms with Crippen molar-refractivity contribution in [2.45, 2.75) is 24.9 Å². The van der Waals surface area contributed by atoms with Crippen LogP contribution in [0.15, 0.2) is 24.3 Å². The number of piperidine rings is 1. The van der Waals surface area contributed by atoms with Crippen LogP contribution in [0.2, 0.25) is 0 Å². The van der Waals surface area contributed by atoms with E-state index in [1.165, 1.54) is 12.7 Å². The number of nitrogens with zero attached hydrogens (tertiary/aromatic N) is 1. The molecule has 0 bridgehead atoms. The van der Waals surface area contributed by atoms with Crippen molar-refractivity contribution in [3.05, 3.63) is 35.4 Å². The Labute approximate surface area is 114 Å². The fraction of sp³-hybridized carbons (Fsp3) is 0.533. The molecular formula is C15H21NO3. The predicted octanol–water partition coefficient (Wildman–Crippen LogP) is 1.70. The molecule has 1 atom stereocenters. The van der Waals surface area contributed by atoms with Gasteiger partial charge in [-0.1, -0.05) is 24.3 Å². The topological polar surface area (TPSA) is 49.8 Å². The third kappa shape index (κ3) is 3.33. The van der Waals surface area contributed by atoms with Crippen molar-refractivity contribution in [3.63, 3.8) is 0 Å². The Kier molecular flexibility index (Phi) is 4.56. The van der Waals surface area contributed by atoms with Crippen LogP contribution in [-0.2, 0) is 9.53 Å². The molecule has 19 heavy (non-hydrogen) atoms. The molecular weight excluding hydrogens is 242 g/mol. The van der Waals surface area contributed by atoms with Gasteiger partial charge in [0.15, 0.2) is 6.10 Å². The number of rotatable bonds is 3. The molecule has 0 aliphatic carbocycles. The van der Waals surface area contributed by atoms with Gasteiger partial charge in [0.2, 0.25) is 0 Å². The van der Waals surface area contributed by atoms with E-state index in [1.54, 1.807) is 0 Å². The van der Waals surface area contributed by atoms with E-state index in [0.717, 1.165) is 25.9 Å². The lowest BCUT2D eigenvalue weighted by molar-refractivity contribution is -0.150. The van der Waals surface area contributed by atoms with Gasteiger partial charge in [-0.25, -0.2) is 4.79 Å². The summed E-state index contributed by atoms with van der Waals surface area (Å²) in [6.07, 6.45) is 1.14. The first-order valence-corrected chi connectivity index (χ1v) is 6.66. The number of carbonyl (C=O) groups excluding carboxylic acids is 1. The van der Waals surface area contributed by atoms with Gasteiger partial charge in [0, 0.05) is 0 Å². The zero-order valence-electron chi connectivity index (χ0n) is 11.5. The molecule has 1 fully saturated rings. The average molecular weight is 263 g/mol. The summed E-state index contributed by atoms with van der Waals surface area (Å²) >= 11 is 0. The van der Waals surface area contributed by atoms with Crippen LogP contribution < -0.4 is 0 Å². The number of carbonyl (C=O) groups is 1. The van der Waals surface area contributed by atoms with E-state index in [9.17, 15) is 9.90 Å². The van der Waals surface area contributed by atoms with Crippen molar-refractivity contribution in [2.24, 2.45) is 0 Å². The molecule has 0 saturated carbocycles. The minimum atomic E-state index is -1.18. The summed E-state index contributed by atoms with van der Waals surface area (Å²) in [4.78, 5) is 13.6. The average Bonchev–Trinajstić information content (AvgIpc) is 2.46. The third-order valence-corrected chi connectivity index (χ3v) is 3.87. The third-order valence-electron chi connectivity index (χ3n) is 3.87. The molecule has 1 saturated heterocycles. The lowest BCUT2D eigenvalue weighted by atomic mass is 9.89. The van der Waals surface area contributed by atoms with Crippen LogP contribution in [0.4, 0.5) is 0 Å². The Morgan fingerprint density at radius 1 is 1.32 bits per heavy atom. The van der Waals surface area contributed by atoms with Crippen molar-refractivity contribution >= 4 is 5.97 Å². The number of ether oxygens (including phenoxy) is 1. The van der Waals surface area contributed by atoms with Gasteiger partial charge in [-0.05, 0) is 50.0 Å². The summed E-state index contributed by atoms with van der Waals surface area (Å²) in [5, 5.41) is 9.74. The first-order valence-electron chi connectivity index (χ1n) is 6.66. The van der Waals surface area contributed by atoms with Gasteiger partial charge in [-0.3, -0.25) is 0 Å². The highest BCUT2D eigenvalue weighted by Gasteiger charge is 2.20. The van der Waals surface area contributed by atoms with E-state index in [1.807, 2.05) is 24.3 Å². The minimum absolute atomic E-state index is 0.584. The molecule has 0 spiro atoms. The van der Waals surface area contributed by atoms with Gasteiger partial charge in [0.05, 0.1) is 7.11 Å². The van der Waals surface area contributed by atoms with Crippen LogP contribution in [-0.4, -0.2) is 43.2 Å². The summed E-state index contributed by atoms with van der Waals surface area (Å²) in [7, 11) is 3.42. The standard InChI is InChI=1S/C15H21NO3/c1-16-9-7-12(8-10-16)11-3-5-13(6-4-11)14(17)15(18)19-2/h3-6,12,14,17H,7-10H2,1-2H3. The highest BCUT2D eigenvalue weighted by molar-refractivity contribution is 5.76. The summed E-state index contributed by atoms with van der Waals surface area (Å²) in [6, 6.07) is 7.65. The highest BCUT2D eigenvalue weighted by Crippen LogP contribution is 2.28. The Morgan fingerprint density at radius 3 is 2.42 bits per heavy atom. The zero-order valence-corrected chi connectivity index (χ0v) is 11.5. The Bertz CT molecular complexity index is 422. The van der Waals surface area contributed by atoms with Crippen LogP contribution in [0.5, 0.6) is 0 Å². The molecule has 1 aromatic carbocycles. The van der Waals surface area contributed by atoms with E-state index >= 15 is 0 Å². The quantitative estimate of drug-likeness (QED) is 0.843. The van der Waals surface area contributed by atoms with Gasteiger partial charge >= 0.3 is 5.97 Å². The van der Waals surface area contributed by atoms with Gasteiger partial charge in [0.1, 0.15) is 0 Å². The second-order valence-corrected chi connectivity index (χ2v) is 5.17. The van der Waals surface area contributed by atoms with Crippen LogP contribution in [0, 0.1) is 0 Å². The zero-order chi connectivity index (χ0) is 13.8. The molecule has 4 heteroatoms. The molecule has 1 unspecified atom stereocenters. The van der Waals surface area contributed by atoms with Gasteiger partial charge in [-0.15, -0.1) is 0 Å². The van der Waals surface area contributed by atoms with Crippen molar-refractivity contribution < 1.29 is 14.6 Å². The maximum absolute atomic E-state index is 11.3. The van der Waals surface area contributed by atoms with Crippen molar-refractivity contribution in [2.75, 3.05) is 27.2 Å². The second-order valence-electron chi connectivity index (χ2n) is 5.17. The molecule has 1 aliphatic heterocycles. The SMILES string of the molecule is COC(=O)C(O)c1ccc(C2CCN(C)CC2)cc1. The lowest BCUT2D eigenvalue weighted by Crippen LogP contribution is -2.29. The number of aliphatic hydroxyl groups is 1. The summed E-state index contributed by atoms with van der Waals surface area (Å²) < 4.78 is 4.53. The normalized spacial score (nSPS) is 19.1. The van der Waals surface area contributed by atoms with Crippen molar-refractivity contribution in [3.8, 4) is 0 Å². The molecule has 0 radical (unpaired) electrons. The molecule has 1 heterocycles. The van der Waals surface area contributed by atoms with E-state index in [0.29, 0.717) is 11.5 Å². The Balaban J connectivity index is 2.04. The van der Waals surface area contributed by atoms with E-state index in [2.05, 4.69) is 16.7 Å². The maximum atomic E-state index is 11.3. The van der Waals surface area contributed by atoms with Gasteiger partial charge in [-0.2, -0.15) is 0 Å². The van der Waals surface area contributed by atoms with Crippen molar-refractivity contribution in [1.82, 2.24) is 4.90 Å². The molecule has 104 valence electrons. The first kappa shape index (κ1) is 14.0. The van der Waals surface area contributed by atoms with Crippen LogP contribution in [0.25, 0.3) is 0 Å². The summed E-state index contributed by atoms with van der Waals surface area (Å²) in [5.41, 5.74) is 1.87. The Hall–Kier alpha value is -1.39. The molecule has 0 amide bonds. The summed E-state index contributed by atoms with van der Waals surface area (Å²) in [5.74, 6) is -0.0347. The minimum Gasteiger partial charge on any atom is -0.467 e. The van der Waals surface area contributed by atoms with E-state index in [4.69, 9.17) is 0 Å². The molecule has 4 nitrogen and oxygen atoms in total. The smallest absolute Gasteiger partial charge is 0.339 e. The molecule has 1 aromatic rings. The van der Waals surface area contributed by atoms with Gasteiger partial charge in [0.25, 0.3) is 0 Å². The fourth-order valence-corrected chi connectivity index (χ4v) is 2.54.